The van der Waals surface area contributed by atoms with Crippen LogP contribution in [-0.2, 0) is 16.6 Å². The lowest BCUT2D eigenvalue weighted by Crippen LogP contribution is -2.34. The molecule has 0 aliphatic rings. The van der Waals surface area contributed by atoms with Gasteiger partial charge in [-0.1, -0.05) is 19.9 Å². The zero-order valence-electron chi connectivity index (χ0n) is 11.6. The fourth-order valence-electron chi connectivity index (χ4n) is 1.80. The average Bonchev–Trinajstić information content (AvgIpc) is 2.43. The molecule has 1 aromatic rings. The molecule has 0 fully saturated rings. The molecule has 1 rings (SSSR count). The van der Waals surface area contributed by atoms with E-state index in [0.717, 1.165) is 18.4 Å². The fraction of sp³-hybridized carbons (Fsp3) is 0.538. The van der Waals surface area contributed by atoms with Gasteiger partial charge in [0.1, 0.15) is 10.6 Å². The summed E-state index contributed by atoms with van der Waals surface area (Å²) in [7, 11) is -2.14. The van der Waals surface area contributed by atoms with E-state index in [1.165, 1.54) is 7.11 Å². The van der Waals surface area contributed by atoms with E-state index in [-0.39, 0.29) is 17.5 Å². The minimum absolute atomic E-state index is 0.0729. The normalized spacial score (nSPS) is 11.8. The summed E-state index contributed by atoms with van der Waals surface area (Å²) in [6.07, 6.45) is 1.49. The fourth-order valence-corrected chi connectivity index (χ4v) is 3.42. The molecule has 0 unspecified atom stereocenters. The summed E-state index contributed by atoms with van der Waals surface area (Å²) in [6.45, 7) is 4.19. The predicted octanol–water partition coefficient (Wildman–Crippen LogP) is 1.62. The van der Waals surface area contributed by atoms with Crippen molar-refractivity contribution in [3.05, 3.63) is 23.8 Å². The summed E-state index contributed by atoms with van der Waals surface area (Å²) < 4.78 is 32.6. The second-order valence-electron chi connectivity index (χ2n) is 4.32. The van der Waals surface area contributed by atoms with E-state index in [2.05, 4.69) is 4.72 Å². The Morgan fingerprint density at radius 1 is 1.32 bits per heavy atom. The topological polar surface area (TPSA) is 81.4 Å². The number of ether oxygens (including phenoxy) is 1. The Morgan fingerprint density at radius 3 is 2.42 bits per heavy atom. The van der Waals surface area contributed by atoms with Crippen LogP contribution in [0.3, 0.4) is 0 Å². The molecule has 3 N–H and O–H groups in total. The van der Waals surface area contributed by atoms with Gasteiger partial charge in [-0.05, 0) is 30.5 Å². The van der Waals surface area contributed by atoms with Crippen molar-refractivity contribution in [2.24, 2.45) is 5.73 Å². The summed E-state index contributed by atoms with van der Waals surface area (Å²) in [4.78, 5) is 0.143. The number of benzene rings is 1. The van der Waals surface area contributed by atoms with E-state index < -0.39 is 10.0 Å². The molecule has 5 nitrogen and oxygen atoms in total. The minimum atomic E-state index is -3.59. The van der Waals surface area contributed by atoms with Crippen molar-refractivity contribution in [1.29, 1.82) is 0 Å². The maximum absolute atomic E-state index is 12.4. The Bertz CT molecular complexity index is 511. The number of rotatable bonds is 7. The summed E-state index contributed by atoms with van der Waals surface area (Å²) in [5, 5.41) is 0. The van der Waals surface area contributed by atoms with Crippen LogP contribution in [-0.4, -0.2) is 21.6 Å². The molecule has 0 spiro atoms. The first kappa shape index (κ1) is 15.9. The third kappa shape index (κ3) is 3.92. The van der Waals surface area contributed by atoms with Gasteiger partial charge in [-0.25, -0.2) is 13.1 Å². The third-order valence-electron chi connectivity index (χ3n) is 3.06. The van der Waals surface area contributed by atoms with Gasteiger partial charge in [-0.15, -0.1) is 0 Å². The highest BCUT2D eigenvalue weighted by molar-refractivity contribution is 7.89. The van der Waals surface area contributed by atoms with Crippen molar-refractivity contribution in [2.75, 3.05) is 7.11 Å². The van der Waals surface area contributed by atoms with Gasteiger partial charge < -0.3 is 10.5 Å². The van der Waals surface area contributed by atoms with Crippen LogP contribution in [0.1, 0.15) is 32.3 Å². The zero-order valence-corrected chi connectivity index (χ0v) is 12.5. The number of nitrogens with two attached hydrogens (primary N) is 1. The van der Waals surface area contributed by atoms with Crippen molar-refractivity contribution in [3.63, 3.8) is 0 Å². The Hall–Kier alpha value is -1.11. The molecular weight excluding hydrogens is 264 g/mol. The smallest absolute Gasteiger partial charge is 0.244 e. The third-order valence-corrected chi connectivity index (χ3v) is 4.60. The van der Waals surface area contributed by atoms with Gasteiger partial charge in [0, 0.05) is 12.6 Å². The van der Waals surface area contributed by atoms with E-state index in [1.807, 2.05) is 13.8 Å². The van der Waals surface area contributed by atoms with Crippen molar-refractivity contribution >= 4 is 10.0 Å². The molecule has 0 bridgehead atoms. The number of sulfonamides is 1. The van der Waals surface area contributed by atoms with Crippen molar-refractivity contribution in [2.45, 2.75) is 44.2 Å². The summed E-state index contributed by atoms with van der Waals surface area (Å²) in [5.41, 5.74) is 6.31. The highest BCUT2D eigenvalue weighted by atomic mass is 32.2. The van der Waals surface area contributed by atoms with Crippen LogP contribution >= 0.6 is 0 Å². The Morgan fingerprint density at radius 2 is 1.95 bits per heavy atom. The molecule has 0 atom stereocenters. The molecule has 0 aliphatic carbocycles. The number of nitrogens with one attached hydrogen (secondary N) is 1. The molecule has 0 saturated heterocycles. The van der Waals surface area contributed by atoms with Crippen LogP contribution in [0.4, 0.5) is 0 Å². The molecule has 0 amide bonds. The first-order valence-electron chi connectivity index (χ1n) is 6.37. The average molecular weight is 286 g/mol. The summed E-state index contributed by atoms with van der Waals surface area (Å²) in [6, 6.07) is 4.87. The number of hydrogen-bond acceptors (Lipinski definition) is 4. The molecule has 6 heteroatoms. The lowest BCUT2D eigenvalue weighted by atomic mass is 10.2. The molecule has 0 radical (unpaired) electrons. The molecule has 0 aromatic heterocycles. The second-order valence-corrected chi connectivity index (χ2v) is 6.01. The Balaban J connectivity index is 3.18. The second kappa shape index (κ2) is 6.88. The van der Waals surface area contributed by atoms with Gasteiger partial charge in [0.05, 0.1) is 7.11 Å². The van der Waals surface area contributed by atoms with Crippen LogP contribution in [0.5, 0.6) is 5.75 Å². The van der Waals surface area contributed by atoms with Crippen LogP contribution in [0.15, 0.2) is 23.1 Å². The molecule has 0 aliphatic heterocycles. The summed E-state index contributed by atoms with van der Waals surface area (Å²) in [5.74, 6) is 0.329. The molecule has 1 aromatic carbocycles. The quantitative estimate of drug-likeness (QED) is 0.798. The van der Waals surface area contributed by atoms with Crippen LogP contribution < -0.4 is 15.2 Å². The first-order chi connectivity index (χ1) is 8.98. The van der Waals surface area contributed by atoms with Gasteiger partial charge in [-0.3, -0.25) is 0 Å². The standard InChI is InChI=1S/C13H22N2O3S/c1-4-11(5-2)15-19(16,17)13-8-10(9-14)6-7-12(13)18-3/h6-8,11,15H,4-5,9,14H2,1-3H3. The molecular formula is C13H22N2O3S. The van der Waals surface area contributed by atoms with Crippen molar-refractivity contribution < 1.29 is 13.2 Å². The Kier molecular flexibility index (Phi) is 5.78. The highest BCUT2D eigenvalue weighted by Gasteiger charge is 2.22. The first-order valence-corrected chi connectivity index (χ1v) is 7.86. The van der Waals surface area contributed by atoms with Gasteiger partial charge in [0.2, 0.25) is 10.0 Å². The van der Waals surface area contributed by atoms with Crippen LogP contribution in [0.2, 0.25) is 0 Å². The van der Waals surface area contributed by atoms with E-state index in [4.69, 9.17) is 10.5 Å². The monoisotopic (exact) mass is 286 g/mol. The predicted molar refractivity (Wildman–Crippen MR) is 75.6 cm³/mol. The minimum Gasteiger partial charge on any atom is -0.495 e. The maximum Gasteiger partial charge on any atom is 0.244 e. The largest absolute Gasteiger partial charge is 0.495 e. The summed E-state index contributed by atoms with van der Waals surface area (Å²) >= 11 is 0. The molecule has 0 saturated carbocycles. The highest BCUT2D eigenvalue weighted by Crippen LogP contribution is 2.25. The van der Waals surface area contributed by atoms with E-state index in [0.29, 0.717) is 5.75 Å². The van der Waals surface area contributed by atoms with Gasteiger partial charge >= 0.3 is 0 Å². The van der Waals surface area contributed by atoms with Gasteiger partial charge in [-0.2, -0.15) is 0 Å². The van der Waals surface area contributed by atoms with Crippen molar-refractivity contribution in [1.82, 2.24) is 4.72 Å². The van der Waals surface area contributed by atoms with E-state index >= 15 is 0 Å². The van der Waals surface area contributed by atoms with Crippen LogP contribution in [0, 0.1) is 0 Å². The van der Waals surface area contributed by atoms with E-state index in [1.54, 1.807) is 18.2 Å². The molecule has 19 heavy (non-hydrogen) atoms. The van der Waals surface area contributed by atoms with Gasteiger partial charge in [0.15, 0.2) is 0 Å². The molecule has 0 heterocycles. The molecule has 108 valence electrons. The maximum atomic E-state index is 12.4. The van der Waals surface area contributed by atoms with E-state index in [9.17, 15) is 8.42 Å². The number of methoxy groups -OCH3 is 1. The van der Waals surface area contributed by atoms with Gasteiger partial charge in [0.25, 0.3) is 0 Å². The lowest BCUT2D eigenvalue weighted by molar-refractivity contribution is 0.401. The Labute approximate surface area is 115 Å². The zero-order chi connectivity index (χ0) is 14.5. The van der Waals surface area contributed by atoms with Crippen LogP contribution in [0.25, 0.3) is 0 Å². The lowest BCUT2D eigenvalue weighted by Gasteiger charge is -2.17. The van der Waals surface area contributed by atoms with Crippen molar-refractivity contribution in [3.8, 4) is 5.75 Å². The number of hydrogen-bond donors (Lipinski definition) is 2. The SMILES string of the molecule is CCC(CC)NS(=O)(=O)c1cc(CN)ccc1OC.